The van der Waals surface area contributed by atoms with E-state index in [0.29, 0.717) is 31.7 Å². The maximum Gasteiger partial charge on any atom is 0.224 e. The Morgan fingerprint density at radius 2 is 1.72 bits per heavy atom. The van der Waals surface area contributed by atoms with Crippen molar-refractivity contribution < 1.29 is 13.6 Å². The van der Waals surface area contributed by atoms with Crippen LogP contribution in [0.25, 0.3) is 0 Å². The molecule has 1 saturated heterocycles. The number of carbonyl (C=O) groups excluding carboxylic acids is 1. The Balaban J connectivity index is 1.32. The van der Waals surface area contributed by atoms with E-state index in [9.17, 15) is 13.6 Å². The van der Waals surface area contributed by atoms with Gasteiger partial charge in [0.25, 0.3) is 0 Å². The molecule has 0 radical (unpaired) electrons. The number of piperazine rings is 1. The molecule has 0 aromatic heterocycles. The number of rotatable bonds is 4. The summed E-state index contributed by atoms with van der Waals surface area (Å²) >= 11 is 0. The molecule has 2 heterocycles. The Hall–Kier alpha value is -2.63. The van der Waals surface area contributed by atoms with Crippen molar-refractivity contribution in [1.29, 1.82) is 0 Å². The number of fused-ring (bicyclic) bond motifs is 1. The van der Waals surface area contributed by atoms with E-state index < -0.39 is 0 Å². The van der Waals surface area contributed by atoms with Gasteiger partial charge in [-0.1, -0.05) is 6.07 Å². The van der Waals surface area contributed by atoms with E-state index in [1.165, 1.54) is 12.1 Å². The number of halogens is 2. The standard InChI is InChI=1S/C23H27F2N3O/c1-17-15-18-3-2-9-28(23(18)21(25)16-17)10-8-22(29)27-13-11-26(12-14-27)20-6-4-19(24)5-7-20/h4-7,15-16H,2-3,8-14H2,1H3. The molecule has 2 aromatic carbocycles. The van der Waals surface area contributed by atoms with Crippen LogP contribution in [0.5, 0.6) is 0 Å². The molecule has 2 aliphatic rings. The van der Waals surface area contributed by atoms with Gasteiger partial charge in [0.15, 0.2) is 0 Å². The summed E-state index contributed by atoms with van der Waals surface area (Å²) in [5.41, 5.74) is 3.65. The van der Waals surface area contributed by atoms with Gasteiger partial charge >= 0.3 is 0 Å². The second kappa shape index (κ2) is 8.39. The van der Waals surface area contributed by atoms with Gasteiger partial charge in [0, 0.05) is 51.4 Å². The lowest BCUT2D eigenvalue weighted by atomic mass is 9.99. The number of amides is 1. The predicted octanol–water partition coefficient (Wildman–Crippen LogP) is 3.76. The van der Waals surface area contributed by atoms with Crippen molar-refractivity contribution in [3.63, 3.8) is 0 Å². The molecule has 4 rings (SSSR count). The largest absolute Gasteiger partial charge is 0.368 e. The molecule has 1 amide bonds. The molecule has 2 aliphatic heterocycles. The van der Waals surface area contributed by atoms with Crippen molar-refractivity contribution in [2.75, 3.05) is 49.1 Å². The fraction of sp³-hybridized carbons (Fsp3) is 0.435. The van der Waals surface area contributed by atoms with Gasteiger partial charge < -0.3 is 14.7 Å². The highest BCUT2D eigenvalue weighted by Crippen LogP contribution is 2.31. The number of nitrogens with zero attached hydrogens (tertiary/aromatic N) is 3. The zero-order chi connectivity index (χ0) is 20.4. The maximum atomic E-state index is 14.5. The lowest BCUT2D eigenvalue weighted by Gasteiger charge is -2.37. The minimum absolute atomic E-state index is 0.114. The van der Waals surface area contributed by atoms with Gasteiger partial charge in [0.05, 0.1) is 5.69 Å². The van der Waals surface area contributed by atoms with Crippen molar-refractivity contribution in [2.24, 2.45) is 0 Å². The SMILES string of the molecule is Cc1cc(F)c2c(c1)CCCN2CCC(=O)N1CCN(c2ccc(F)cc2)CC1. The molecular formula is C23H27F2N3O. The summed E-state index contributed by atoms with van der Waals surface area (Å²) in [5, 5.41) is 0. The Morgan fingerprint density at radius 1 is 1.00 bits per heavy atom. The maximum absolute atomic E-state index is 14.5. The average molecular weight is 399 g/mol. The van der Waals surface area contributed by atoms with E-state index in [1.54, 1.807) is 18.2 Å². The summed E-state index contributed by atoms with van der Waals surface area (Å²) in [4.78, 5) is 18.8. The molecule has 0 bridgehead atoms. The molecule has 2 aromatic rings. The van der Waals surface area contributed by atoms with E-state index in [2.05, 4.69) is 11.0 Å². The highest BCUT2D eigenvalue weighted by molar-refractivity contribution is 5.77. The third-order valence-corrected chi connectivity index (χ3v) is 5.90. The van der Waals surface area contributed by atoms with Gasteiger partial charge in [-0.05, 0) is 61.2 Å². The third-order valence-electron chi connectivity index (χ3n) is 5.90. The molecule has 154 valence electrons. The van der Waals surface area contributed by atoms with Crippen LogP contribution in [0.4, 0.5) is 20.2 Å². The number of hydrogen-bond donors (Lipinski definition) is 0. The highest BCUT2D eigenvalue weighted by atomic mass is 19.1. The van der Waals surface area contributed by atoms with Gasteiger partial charge in [0.1, 0.15) is 11.6 Å². The van der Waals surface area contributed by atoms with Gasteiger partial charge in [-0.2, -0.15) is 0 Å². The van der Waals surface area contributed by atoms with Crippen molar-refractivity contribution >= 4 is 17.3 Å². The Labute approximate surface area is 170 Å². The number of carbonyl (C=O) groups is 1. The van der Waals surface area contributed by atoms with E-state index in [4.69, 9.17) is 0 Å². The summed E-state index contributed by atoms with van der Waals surface area (Å²) in [5.74, 6) is -0.308. The van der Waals surface area contributed by atoms with Gasteiger partial charge in [-0.3, -0.25) is 4.79 Å². The first-order chi connectivity index (χ1) is 14.0. The van der Waals surface area contributed by atoms with Crippen LogP contribution in [0.3, 0.4) is 0 Å². The van der Waals surface area contributed by atoms with Crippen LogP contribution in [-0.2, 0) is 11.2 Å². The molecule has 29 heavy (non-hydrogen) atoms. The first kappa shape index (κ1) is 19.7. The minimum Gasteiger partial charge on any atom is -0.368 e. The summed E-state index contributed by atoms with van der Waals surface area (Å²) in [7, 11) is 0. The van der Waals surface area contributed by atoms with Crippen LogP contribution in [0.1, 0.15) is 24.0 Å². The minimum atomic E-state index is -0.242. The van der Waals surface area contributed by atoms with E-state index in [1.807, 2.05) is 16.7 Å². The van der Waals surface area contributed by atoms with Crippen molar-refractivity contribution in [3.05, 3.63) is 59.2 Å². The first-order valence-corrected chi connectivity index (χ1v) is 10.3. The molecule has 0 spiro atoms. The van der Waals surface area contributed by atoms with Crippen LogP contribution in [0.15, 0.2) is 36.4 Å². The fourth-order valence-corrected chi connectivity index (χ4v) is 4.40. The normalized spacial score (nSPS) is 16.7. The van der Waals surface area contributed by atoms with Crippen LogP contribution < -0.4 is 9.80 Å². The van der Waals surface area contributed by atoms with Gasteiger partial charge in [-0.15, -0.1) is 0 Å². The fourth-order valence-electron chi connectivity index (χ4n) is 4.40. The monoisotopic (exact) mass is 399 g/mol. The van der Waals surface area contributed by atoms with Gasteiger partial charge in [0.2, 0.25) is 5.91 Å². The molecule has 0 atom stereocenters. The van der Waals surface area contributed by atoms with Crippen LogP contribution >= 0.6 is 0 Å². The van der Waals surface area contributed by atoms with Crippen LogP contribution in [0.2, 0.25) is 0 Å². The Bertz CT molecular complexity index is 876. The zero-order valence-corrected chi connectivity index (χ0v) is 16.8. The second-order valence-electron chi connectivity index (χ2n) is 7.94. The lowest BCUT2D eigenvalue weighted by molar-refractivity contribution is -0.131. The molecular weight excluding hydrogens is 372 g/mol. The molecule has 0 aliphatic carbocycles. The van der Waals surface area contributed by atoms with Crippen LogP contribution in [-0.4, -0.2) is 50.1 Å². The summed E-state index contributed by atoms with van der Waals surface area (Å²) in [6.45, 7) is 6.02. The van der Waals surface area contributed by atoms with Crippen molar-refractivity contribution in [1.82, 2.24) is 4.90 Å². The highest BCUT2D eigenvalue weighted by Gasteiger charge is 2.25. The molecule has 4 nitrogen and oxygen atoms in total. The quantitative estimate of drug-likeness (QED) is 0.783. The number of aryl methyl sites for hydroxylation is 2. The smallest absolute Gasteiger partial charge is 0.224 e. The van der Waals surface area contributed by atoms with Gasteiger partial charge in [-0.25, -0.2) is 8.78 Å². The van der Waals surface area contributed by atoms with E-state index in [0.717, 1.165) is 49.3 Å². The first-order valence-electron chi connectivity index (χ1n) is 10.3. The molecule has 0 N–H and O–H groups in total. The predicted molar refractivity (Wildman–Crippen MR) is 111 cm³/mol. The summed E-state index contributed by atoms with van der Waals surface area (Å²) in [6.07, 6.45) is 2.27. The molecule has 6 heteroatoms. The Morgan fingerprint density at radius 3 is 2.45 bits per heavy atom. The van der Waals surface area contributed by atoms with Crippen molar-refractivity contribution in [3.8, 4) is 0 Å². The van der Waals surface area contributed by atoms with Crippen molar-refractivity contribution in [2.45, 2.75) is 26.2 Å². The lowest BCUT2D eigenvalue weighted by Crippen LogP contribution is -2.49. The molecule has 0 unspecified atom stereocenters. The van der Waals surface area contributed by atoms with Crippen LogP contribution in [0, 0.1) is 18.6 Å². The molecule has 0 saturated carbocycles. The topological polar surface area (TPSA) is 26.8 Å². The zero-order valence-electron chi connectivity index (χ0n) is 16.8. The number of benzene rings is 2. The average Bonchev–Trinajstić information content (AvgIpc) is 2.72. The number of hydrogen-bond acceptors (Lipinski definition) is 3. The summed E-state index contributed by atoms with van der Waals surface area (Å²) in [6, 6.07) is 10.1. The van der Waals surface area contributed by atoms with E-state index >= 15 is 0 Å². The Kier molecular flexibility index (Phi) is 5.69. The number of anilines is 2. The van der Waals surface area contributed by atoms with E-state index in [-0.39, 0.29) is 17.5 Å². The second-order valence-corrected chi connectivity index (χ2v) is 7.94. The molecule has 1 fully saturated rings. The summed E-state index contributed by atoms with van der Waals surface area (Å²) < 4.78 is 27.6. The third kappa shape index (κ3) is 4.36.